The summed E-state index contributed by atoms with van der Waals surface area (Å²) in [4.78, 5) is 11.2. The van der Waals surface area contributed by atoms with Gasteiger partial charge in [0.25, 0.3) is 0 Å². The quantitative estimate of drug-likeness (QED) is 0.846. The van der Waals surface area contributed by atoms with Gasteiger partial charge >= 0.3 is 5.97 Å². The van der Waals surface area contributed by atoms with Gasteiger partial charge in [-0.2, -0.15) is 0 Å². The first kappa shape index (κ1) is 16.5. The Kier molecular flexibility index (Phi) is 4.46. The molecule has 2 rings (SSSR count). The fourth-order valence-corrected chi connectivity index (χ4v) is 4.80. The summed E-state index contributed by atoms with van der Waals surface area (Å²) in [6, 6.07) is 2.66. The molecule has 1 saturated carbocycles. The predicted molar refractivity (Wildman–Crippen MR) is 83.0 cm³/mol. The zero-order chi connectivity index (χ0) is 15.8. The number of carbonyl (C=O) groups is 1. The predicted octanol–water partition coefficient (Wildman–Crippen LogP) is 3.07. The number of sulfonamides is 1. The number of halogens is 1. The van der Waals surface area contributed by atoms with Gasteiger partial charge in [0.2, 0.25) is 10.0 Å². The van der Waals surface area contributed by atoms with Gasteiger partial charge in [-0.1, -0.05) is 28.8 Å². The van der Waals surface area contributed by atoms with Crippen LogP contribution in [0.1, 0.15) is 48.5 Å². The zero-order valence-corrected chi connectivity index (χ0v) is 14.3. The summed E-state index contributed by atoms with van der Waals surface area (Å²) in [5.41, 5.74) is 0.0504. The summed E-state index contributed by atoms with van der Waals surface area (Å²) in [6.45, 7) is 3.52. The molecule has 1 fully saturated rings. The third-order valence-electron chi connectivity index (χ3n) is 3.95. The minimum absolute atomic E-state index is 0.0127. The molecule has 116 valence electrons. The van der Waals surface area contributed by atoms with Crippen LogP contribution in [0.25, 0.3) is 0 Å². The lowest BCUT2D eigenvalue weighted by Crippen LogP contribution is -2.43. The highest BCUT2D eigenvalue weighted by molar-refractivity contribution is 9.10. The van der Waals surface area contributed by atoms with E-state index < -0.39 is 21.5 Å². The molecule has 0 spiro atoms. The Morgan fingerprint density at radius 1 is 1.33 bits per heavy atom. The highest BCUT2D eigenvalue weighted by Crippen LogP contribution is 2.32. The first-order chi connectivity index (χ1) is 9.65. The van der Waals surface area contributed by atoms with Gasteiger partial charge < -0.3 is 5.11 Å². The van der Waals surface area contributed by atoms with Gasteiger partial charge in [-0.05, 0) is 44.4 Å². The van der Waals surface area contributed by atoms with Crippen LogP contribution in [0.2, 0.25) is 0 Å². The van der Waals surface area contributed by atoms with Gasteiger partial charge in [-0.3, -0.25) is 0 Å². The summed E-state index contributed by atoms with van der Waals surface area (Å²) in [5.74, 6) is -1.14. The smallest absolute Gasteiger partial charge is 0.336 e. The van der Waals surface area contributed by atoms with Crippen LogP contribution in [0, 0.1) is 6.92 Å². The fourth-order valence-electron chi connectivity index (χ4n) is 2.67. The van der Waals surface area contributed by atoms with Crippen LogP contribution in [0.15, 0.2) is 21.5 Å². The Hall–Kier alpha value is -0.920. The van der Waals surface area contributed by atoms with E-state index in [-0.39, 0.29) is 10.5 Å². The van der Waals surface area contributed by atoms with Crippen LogP contribution in [0.4, 0.5) is 0 Å². The number of nitrogens with one attached hydrogen (secondary N) is 1. The summed E-state index contributed by atoms with van der Waals surface area (Å²) in [7, 11) is -3.74. The molecule has 0 amide bonds. The fraction of sp³-hybridized carbons (Fsp3) is 0.500. The van der Waals surface area contributed by atoms with E-state index >= 15 is 0 Å². The molecule has 1 aliphatic rings. The van der Waals surface area contributed by atoms with Crippen LogP contribution in [-0.2, 0) is 10.0 Å². The average Bonchev–Trinajstić information content (AvgIpc) is 2.77. The van der Waals surface area contributed by atoms with Crippen molar-refractivity contribution >= 4 is 31.9 Å². The van der Waals surface area contributed by atoms with E-state index in [2.05, 4.69) is 20.7 Å². The zero-order valence-electron chi connectivity index (χ0n) is 11.9. The van der Waals surface area contributed by atoms with Crippen LogP contribution < -0.4 is 4.72 Å². The third kappa shape index (κ3) is 3.46. The number of aromatic carboxylic acids is 1. The van der Waals surface area contributed by atoms with E-state index in [4.69, 9.17) is 0 Å². The van der Waals surface area contributed by atoms with Crippen LogP contribution in [0.3, 0.4) is 0 Å². The minimum Gasteiger partial charge on any atom is -0.478 e. The maximum absolute atomic E-state index is 12.5. The van der Waals surface area contributed by atoms with Crippen molar-refractivity contribution < 1.29 is 18.3 Å². The first-order valence-electron chi connectivity index (χ1n) is 6.72. The molecule has 0 aromatic heterocycles. The summed E-state index contributed by atoms with van der Waals surface area (Å²) >= 11 is 3.23. The molecule has 0 radical (unpaired) electrons. The van der Waals surface area contributed by atoms with Crippen LogP contribution in [0.5, 0.6) is 0 Å². The maximum Gasteiger partial charge on any atom is 0.336 e. The average molecular weight is 376 g/mol. The Morgan fingerprint density at radius 2 is 1.90 bits per heavy atom. The van der Waals surface area contributed by atoms with Crippen LogP contribution >= 0.6 is 15.9 Å². The molecule has 5 nitrogen and oxygen atoms in total. The molecule has 1 aromatic carbocycles. The van der Waals surface area contributed by atoms with Crippen molar-refractivity contribution in [2.45, 2.75) is 50.0 Å². The Labute approximate surface area is 132 Å². The molecule has 1 aromatic rings. The molecule has 1 aliphatic carbocycles. The molecule has 2 N–H and O–H groups in total. The monoisotopic (exact) mass is 375 g/mol. The molecule has 0 saturated heterocycles. The number of carboxylic acid groups (broad SMARTS) is 1. The first-order valence-corrected chi connectivity index (χ1v) is 9.00. The van der Waals surface area contributed by atoms with Crippen molar-refractivity contribution in [3.63, 3.8) is 0 Å². The highest BCUT2D eigenvalue weighted by atomic mass is 79.9. The lowest BCUT2D eigenvalue weighted by molar-refractivity contribution is 0.0695. The Balaban J connectivity index is 2.43. The van der Waals surface area contributed by atoms with Crippen molar-refractivity contribution in [3.8, 4) is 0 Å². The van der Waals surface area contributed by atoms with Gasteiger partial charge in [0.15, 0.2) is 0 Å². The second-order valence-electron chi connectivity index (χ2n) is 5.76. The normalized spacial score (nSPS) is 17.9. The standard InChI is InChI=1S/C14H18BrNO4S/c1-9-11(13(17)18)7-10(8-12(9)15)21(19,20)16-14(2)5-3-4-6-14/h7-8,16H,3-6H2,1-2H3,(H,17,18). The van der Waals surface area contributed by atoms with Crippen LogP contribution in [-0.4, -0.2) is 25.0 Å². The van der Waals surface area contributed by atoms with E-state index in [9.17, 15) is 18.3 Å². The van der Waals surface area contributed by atoms with Gasteiger partial charge in [-0.25, -0.2) is 17.9 Å². The van der Waals surface area contributed by atoms with Crippen molar-refractivity contribution in [1.29, 1.82) is 0 Å². The molecule has 7 heteroatoms. The molecule has 21 heavy (non-hydrogen) atoms. The lowest BCUT2D eigenvalue weighted by atomic mass is 10.0. The van der Waals surface area contributed by atoms with E-state index in [0.29, 0.717) is 10.0 Å². The van der Waals surface area contributed by atoms with Gasteiger partial charge in [0.05, 0.1) is 10.5 Å². The SMILES string of the molecule is Cc1c(Br)cc(S(=O)(=O)NC2(C)CCCC2)cc1C(=O)O. The molecule has 0 atom stereocenters. The molecule has 0 unspecified atom stereocenters. The molecular formula is C14H18BrNO4S. The summed E-state index contributed by atoms with van der Waals surface area (Å²) in [6.07, 6.45) is 3.59. The number of hydrogen-bond donors (Lipinski definition) is 2. The van der Waals surface area contributed by atoms with Gasteiger partial charge in [0.1, 0.15) is 0 Å². The second kappa shape index (κ2) is 5.70. The summed E-state index contributed by atoms with van der Waals surface area (Å²) < 4.78 is 28.2. The lowest BCUT2D eigenvalue weighted by Gasteiger charge is -2.25. The van der Waals surface area contributed by atoms with Gasteiger partial charge in [-0.15, -0.1) is 0 Å². The molecular weight excluding hydrogens is 358 g/mol. The van der Waals surface area contributed by atoms with Crippen molar-refractivity contribution in [2.24, 2.45) is 0 Å². The molecule has 0 bridgehead atoms. The Morgan fingerprint density at radius 3 is 2.43 bits per heavy atom. The third-order valence-corrected chi connectivity index (χ3v) is 6.39. The Bertz CT molecular complexity index is 678. The molecule has 0 heterocycles. The number of benzene rings is 1. The van der Waals surface area contributed by atoms with E-state index in [0.717, 1.165) is 25.7 Å². The highest BCUT2D eigenvalue weighted by Gasteiger charge is 2.34. The minimum atomic E-state index is -3.74. The largest absolute Gasteiger partial charge is 0.478 e. The number of hydrogen-bond acceptors (Lipinski definition) is 3. The maximum atomic E-state index is 12.5. The number of carboxylic acids is 1. The summed E-state index contributed by atoms with van der Waals surface area (Å²) in [5, 5.41) is 9.18. The van der Waals surface area contributed by atoms with Crippen molar-refractivity contribution in [2.75, 3.05) is 0 Å². The van der Waals surface area contributed by atoms with Crippen molar-refractivity contribution in [3.05, 3.63) is 27.7 Å². The van der Waals surface area contributed by atoms with E-state index in [1.165, 1.54) is 12.1 Å². The molecule has 0 aliphatic heterocycles. The van der Waals surface area contributed by atoms with Gasteiger partial charge in [0, 0.05) is 10.0 Å². The van der Waals surface area contributed by atoms with E-state index in [1.807, 2.05) is 6.92 Å². The topological polar surface area (TPSA) is 83.5 Å². The second-order valence-corrected chi connectivity index (χ2v) is 8.29. The number of rotatable bonds is 4. The van der Waals surface area contributed by atoms with E-state index in [1.54, 1.807) is 6.92 Å². The van der Waals surface area contributed by atoms with Crippen molar-refractivity contribution in [1.82, 2.24) is 4.72 Å².